The molecule has 30 heavy (non-hydrogen) atoms. The van der Waals surface area contributed by atoms with E-state index < -0.39 is 11.5 Å². The summed E-state index contributed by atoms with van der Waals surface area (Å²) in [5, 5.41) is 8.08. The van der Waals surface area contributed by atoms with Gasteiger partial charge in [-0.25, -0.2) is 4.98 Å². The average Bonchev–Trinajstić information content (AvgIpc) is 3.20. The second-order valence-electron chi connectivity index (χ2n) is 7.60. The molecule has 0 unspecified atom stereocenters. The number of amides is 1. The van der Waals surface area contributed by atoms with Crippen molar-refractivity contribution < 1.29 is 4.79 Å². The molecule has 1 aliphatic rings. The normalized spacial score (nSPS) is 16.7. The lowest BCUT2D eigenvalue weighted by atomic mass is 10.0. The number of rotatable bonds is 6. The predicted molar refractivity (Wildman–Crippen MR) is 122 cm³/mol. The molecule has 0 bridgehead atoms. The number of aromatic nitrogens is 3. The number of fused-ring (bicyclic) bond motifs is 1. The topological polar surface area (TPSA) is 79.6 Å². The van der Waals surface area contributed by atoms with Crippen LogP contribution in [-0.4, -0.2) is 46.4 Å². The van der Waals surface area contributed by atoms with Gasteiger partial charge in [-0.05, 0) is 49.1 Å². The molecule has 2 aromatic heterocycles. The van der Waals surface area contributed by atoms with E-state index >= 15 is 0 Å². The molecular formula is C21H25N5O2S2. The zero-order chi connectivity index (χ0) is 21.1. The Bertz CT molecular complexity index is 1090. The van der Waals surface area contributed by atoms with Crippen molar-refractivity contribution in [2.24, 2.45) is 5.92 Å². The van der Waals surface area contributed by atoms with Crippen LogP contribution >= 0.6 is 23.1 Å². The first-order valence-electron chi connectivity index (χ1n) is 10.1. The summed E-state index contributed by atoms with van der Waals surface area (Å²) in [4.78, 5) is 33.6. The lowest BCUT2D eigenvalue weighted by molar-refractivity contribution is 0.0952. The highest BCUT2D eigenvalue weighted by atomic mass is 32.2. The van der Waals surface area contributed by atoms with Crippen LogP contribution in [0.3, 0.4) is 0 Å². The van der Waals surface area contributed by atoms with Gasteiger partial charge >= 0.3 is 0 Å². The maximum Gasteiger partial charge on any atom is 0.288 e. The number of hydrogen-bond acceptors (Lipinski definition) is 7. The first-order valence-corrected chi connectivity index (χ1v) is 12.1. The molecule has 0 spiro atoms. The third-order valence-corrected chi connectivity index (χ3v) is 7.03. The van der Waals surface area contributed by atoms with E-state index in [1.54, 1.807) is 11.8 Å². The van der Waals surface area contributed by atoms with E-state index in [-0.39, 0.29) is 5.56 Å². The molecule has 3 heterocycles. The van der Waals surface area contributed by atoms with Crippen molar-refractivity contribution in [1.82, 2.24) is 19.9 Å². The summed E-state index contributed by atoms with van der Waals surface area (Å²) in [5.74, 6) is 0.192. The van der Waals surface area contributed by atoms with Crippen LogP contribution in [0.25, 0.3) is 4.96 Å². The molecule has 9 heteroatoms. The number of thioether (sulfide) groups is 1. The average molecular weight is 444 g/mol. The second kappa shape index (κ2) is 9.18. The number of nitrogens with one attached hydrogen (secondary N) is 1. The minimum absolute atomic E-state index is 0.0223. The lowest BCUT2D eigenvalue weighted by Crippen LogP contribution is -2.35. The Hall–Kier alpha value is -2.39. The highest BCUT2D eigenvalue weighted by Crippen LogP contribution is 2.26. The minimum Gasteiger partial charge on any atom is -0.351 e. The molecule has 3 aromatic rings. The Kier molecular flexibility index (Phi) is 6.38. The van der Waals surface area contributed by atoms with Crippen LogP contribution in [0.5, 0.6) is 0 Å². The summed E-state index contributed by atoms with van der Waals surface area (Å²) in [6, 6.07) is 8.24. The molecule has 1 atom stereocenters. The van der Waals surface area contributed by atoms with Gasteiger partial charge in [0, 0.05) is 30.7 Å². The first kappa shape index (κ1) is 20.9. The molecule has 1 N–H and O–H groups in total. The first-order chi connectivity index (χ1) is 14.5. The Morgan fingerprint density at radius 2 is 2.13 bits per heavy atom. The molecule has 1 fully saturated rings. The fourth-order valence-corrected chi connectivity index (χ4v) is 4.94. The lowest BCUT2D eigenvalue weighted by Gasteiger charge is -2.30. The highest BCUT2D eigenvalue weighted by molar-refractivity contribution is 7.98. The summed E-state index contributed by atoms with van der Waals surface area (Å²) < 4.78 is 1.26. The van der Waals surface area contributed by atoms with E-state index in [4.69, 9.17) is 0 Å². The Balaban J connectivity index is 1.44. The van der Waals surface area contributed by atoms with E-state index in [2.05, 4.69) is 51.5 Å². The summed E-state index contributed by atoms with van der Waals surface area (Å²) in [6.45, 7) is 4.54. The van der Waals surface area contributed by atoms with Gasteiger partial charge in [-0.2, -0.15) is 4.52 Å². The number of anilines is 1. The molecule has 1 saturated heterocycles. The third-order valence-electron chi connectivity index (χ3n) is 5.31. The summed E-state index contributed by atoms with van der Waals surface area (Å²) in [5.41, 5.74) is 0.738. The van der Waals surface area contributed by atoms with Gasteiger partial charge < -0.3 is 10.2 Å². The Morgan fingerprint density at radius 1 is 1.33 bits per heavy atom. The molecule has 158 valence electrons. The number of benzene rings is 1. The van der Waals surface area contributed by atoms with Crippen LogP contribution in [0.4, 0.5) is 5.13 Å². The molecule has 0 saturated carbocycles. The Morgan fingerprint density at radius 3 is 2.87 bits per heavy atom. The fraction of sp³-hybridized carbons (Fsp3) is 0.429. The van der Waals surface area contributed by atoms with Crippen LogP contribution in [0.1, 0.15) is 35.7 Å². The standard InChI is InChI=1S/C21H25N5O2S2/c1-14-4-3-11-25(13-14)21-24-26-19(28)17(12-23-20(26)30-21)18(27)22-10-9-15-5-7-16(29-2)8-6-15/h5-8,12,14H,3-4,9-11,13H2,1-2H3,(H,22,27)/t14-/m1/s1. The molecule has 1 aliphatic heterocycles. The van der Waals surface area contributed by atoms with Crippen molar-refractivity contribution in [3.8, 4) is 0 Å². The van der Waals surface area contributed by atoms with Crippen molar-refractivity contribution in [3.63, 3.8) is 0 Å². The minimum atomic E-state index is -0.422. The van der Waals surface area contributed by atoms with Crippen LogP contribution in [0, 0.1) is 5.92 Å². The van der Waals surface area contributed by atoms with Crippen molar-refractivity contribution in [2.75, 3.05) is 30.8 Å². The van der Waals surface area contributed by atoms with Gasteiger partial charge in [0.15, 0.2) is 0 Å². The molecule has 1 amide bonds. The van der Waals surface area contributed by atoms with E-state index in [0.717, 1.165) is 30.2 Å². The van der Waals surface area contributed by atoms with Crippen LogP contribution in [0.2, 0.25) is 0 Å². The van der Waals surface area contributed by atoms with E-state index in [1.165, 1.54) is 33.4 Å². The zero-order valence-corrected chi connectivity index (χ0v) is 18.8. The van der Waals surface area contributed by atoms with Crippen molar-refractivity contribution in [3.05, 3.63) is 51.9 Å². The summed E-state index contributed by atoms with van der Waals surface area (Å²) in [7, 11) is 0. The van der Waals surface area contributed by atoms with Crippen LogP contribution in [-0.2, 0) is 6.42 Å². The largest absolute Gasteiger partial charge is 0.351 e. The molecular weight excluding hydrogens is 418 g/mol. The third kappa shape index (κ3) is 4.52. The second-order valence-corrected chi connectivity index (χ2v) is 9.42. The Labute approximate surface area is 183 Å². The zero-order valence-electron chi connectivity index (χ0n) is 17.1. The monoisotopic (exact) mass is 443 g/mol. The van der Waals surface area contributed by atoms with Gasteiger partial charge in [-0.3, -0.25) is 9.59 Å². The number of hydrogen-bond donors (Lipinski definition) is 1. The summed E-state index contributed by atoms with van der Waals surface area (Å²) in [6.07, 6.45) is 6.43. The smallest absolute Gasteiger partial charge is 0.288 e. The van der Waals surface area contributed by atoms with Crippen LogP contribution < -0.4 is 15.8 Å². The quantitative estimate of drug-likeness (QED) is 0.590. The van der Waals surface area contributed by atoms with Gasteiger partial charge in [-0.15, -0.1) is 16.9 Å². The molecule has 7 nitrogen and oxygen atoms in total. The highest BCUT2D eigenvalue weighted by Gasteiger charge is 2.22. The SMILES string of the molecule is CSc1ccc(CCNC(=O)c2cnc3sc(N4CCC[C@@H](C)C4)nn3c2=O)cc1. The fourth-order valence-electron chi connectivity index (χ4n) is 3.63. The van der Waals surface area contributed by atoms with Crippen molar-refractivity contribution in [2.45, 2.75) is 31.1 Å². The molecule has 1 aromatic carbocycles. The van der Waals surface area contributed by atoms with E-state index in [0.29, 0.717) is 23.8 Å². The van der Waals surface area contributed by atoms with E-state index in [9.17, 15) is 9.59 Å². The molecule has 0 radical (unpaired) electrons. The molecule has 0 aliphatic carbocycles. The van der Waals surface area contributed by atoms with Gasteiger partial charge in [0.2, 0.25) is 10.1 Å². The van der Waals surface area contributed by atoms with Gasteiger partial charge in [0.1, 0.15) is 5.56 Å². The van der Waals surface area contributed by atoms with Crippen LogP contribution in [0.15, 0.2) is 40.2 Å². The van der Waals surface area contributed by atoms with Crippen molar-refractivity contribution in [1.29, 1.82) is 0 Å². The maximum atomic E-state index is 12.8. The van der Waals surface area contributed by atoms with Gasteiger partial charge in [-0.1, -0.05) is 30.4 Å². The summed E-state index contributed by atoms with van der Waals surface area (Å²) >= 11 is 3.09. The van der Waals surface area contributed by atoms with Gasteiger partial charge in [0.05, 0.1) is 0 Å². The van der Waals surface area contributed by atoms with Gasteiger partial charge in [0.25, 0.3) is 11.5 Å². The molecule has 4 rings (SSSR count). The number of carbonyl (C=O) groups is 1. The number of nitrogens with zero attached hydrogens (tertiary/aromatic N) is 4. The van der Waals surface area contributed by atoms with E-state index in [1.807, 2.05) is 6.26 Å². The van der Waals surface area contributed by atoms with Crippen molar-refractivity contribution >= 4 is 39.1 Å². The number of carbonyl (C=O) groups excluding carboxylic acids is 1. The predicted octanol–water partition coefficient (Wildman–Crippen LogP) is 3.08. The maximum absolute atomic E-state index is 12.8. The number of piperidine rings is 1.